The zero-order valence-electron chi connectivity index (χ0n) is 18.9. The molecule has 3 aromatic rings. The van der Waals surface area contributed by atoms with E-state index in [1.54, 1.807) is 0 Å². The first-order valence-electron chi connectivity index (χ1n) is 11.2. The van der Waals surface area contributed by atoms with Gasteiger partial charge in [0.15, 0.2) is 0 Å². The number of benzene rings is 2. The van der Waals surface area contributed by atoms with E-state index in [1.807, 2.05) is 24.3 Å². The molecule has 0 atom stereocenters. The number of hydrogen-bond acceptors (Lipinski definition) is 5. The molecule has 1 aromatic heterocycles. The summed E-state index contributed by atoms with van der Waals surface area (Å²) in [5, 5.41) is 2.17. The van der Waals surface area contributed by atoms with Crippen molar-refractivity contribution in [1.82, 2.24) is 14.8 Å². The Hall–Kier alpha value is -2.37. The van der Waals surface area contributed by atoms with Crippen LogP contribution in [0.25, 0.3) is 21.8 Å². The van der Waals surface area contributed by atoms with Crippen LogP contribution >= 0.6 is 0 Å². The van der Waals surface area contributed by atoms with Crippen molar-refractivity contribution in [2.45, 2.75) is 27.7 Å². The van der Waals surface area contributed by atoms with Crippen LogP contribution in [0.4, 0.5) is 0 Å². The second kappa shape index (κ2) is 11.1. The van der Waals surface area contributed by atoms with E-state index in [0.29, 0.717) is 13.2 Å². The van der Waals surface area contributed by atoms with Crippen LogP contribution in [0.1, 0.15) is 27.7 Å². The van der Waals surface area contributed by atoms with Crippen LogP contribution in [0.2, 0.25) is 0 Å². The number of para-hydroxylation sites is 1. The van der Waals surface area contributed by atoms with Gasteiger partial charge in [0.2, 0.25) is 0 Å². The topological polar surface area (TPSA) is 37.8 Å². The van der Waals surface area contributed by atoms with E-state index in [2.05, 4.69) is 55.7 Å². The Labute approximate surface area is 180 Å². The predicted molar refractivity (Wildman–Crippen MR) is 126 cm³/mol. The van der Waals surface area contributed by atoms with Gasteiger partial charge in [-0.1, -0.05) is 39.8 Å². The molecule has 3 rings (SSSR count). The van der Waals surface area contributed by atoms with Crippen molar-refractivity contribution in [3.05, 3.63) is 42.5 Å². The van der Waals surface area contributed by atoms with Gasteiger partial charge in [-0.3, -0.25) is 0 Å². The summed E-state index contributed by atoms with van der Waals surface area (Å²) in [6, 6.07) is 14.4. The number of ether oxygens (including phenoxy) is 2. The van der Waals surface area contributed by atoms with Crippen LogP contribution in [0.3, 0.4) is 0 Å². The Balaban J connectivity index is 1.74. The molecule has 0 saturated carbocycles. The summed E-state index contributed by atoms with van der Waals surface area (Å²) in [6.45, 7) is 16.1. The van der Waals surface area contributed by atoms with Crippen LogP contribution < -0.4 is 9.47 Å². The van der Waals surface area contributed by atoms with Crippen LogP contribution in [-0.4, -0.2) is 67.3 Å². The Morgan fingerprint density at radius 3 is 2.07 bits per heavy atom. The summed E-state index contributed by atoms with van der Waals surface area (Å²) < 4.78 is 12.1. The lowest BCUT2D eigenvalue weighted by Crippen LogP contribution is -2.27. The maximum absolute atomic E-state index is 6.09. The molecule has 162 valence electrons. The minimum Gasteiger partial charge on any atom is -0.492 e. The first-order chi connectivity index (χ1) is 14.7. The number of rotatable bonds is 12. The minimum absolute atomic E-state index is 0.666. The maximum Gasteiger partial charge on any atom is 0.145 e. The molecule has 0 bridgehead atoms. The summed E-state index contributed by atoms with van der Waals surface area (Å²) in [5.74, 6) is 1.74. The molecule has 0 unspecified atom stereocenters. The number of nitrogens with zero attached hydrogens (tertiary/aromatic N) is 3. The quantitative estimate of drug-likeness (QED) is 0.401. The first kappa shape index (κ1) is 22.3. The van der Waals surface area contributed by atoms with Crippen molar-refractivity contribution < 1.29 is 9.47 Å². The fourth-order valence-electron chi connectivity index (χ4n) is 3.68. The zero-order chi connectivity index (χ0) is 21.3. The van der Waals surface area contributed by atoms with Crippen molar-refractivity contribution in [2.24, 2.45) is 0 Å². The molecule has 0 saturated heterocycles. The lowest BCUT2D eigenvalue weighted by atomic mass is 10.1. The van der Waals surface area contributed by atoms with E-state index >= 15 is 0 Å². The third-order valence-corrected chi connectivity index (χ3v) is 5.70. The van der Waals surface area contributed by atoms with Gasteiger partial charge in [-0.05, 0) is 56.5 Å². The highest BCUT2D eigenvalue weighted by molar-refractivity contribution is 5.95. The largest absolute Gasteiger partial charge is 0.492 e. The lowest BCUT2D eigenvalue weighted by Gasteiger charge is -2.18. The van der Waals surface area contributed by atoms with Crippen LogP contribution in [-0.2, 0) is 0 Å². The Morgan fingerprint density at radius 1 is 0.733 bits per heavy atom. The normalized spacial score (nSPS) is 11.7. The predicted octanol–water partition coefficient (Wildman–Crippen LogP) is 4.83. The summed E-state index contributed by atoms with van der Waals surface area (Å²) in [4.78, 5) is 9.61. The average Bonchev–Trinajstić information content (AvgIpc) is 2.78. The summed E-state index contributed by atoms with van der Waals surface area (Å²) in [6.07, 6.45) is 0. The van der Waals surface area contributed by atoms with Crippen molar-refractivity contribution in [3.63, 3.8) is 0 Å². The molecular weight excluding hydrogens is 374 g/mol. The van der Waals surface area contributed by atoms with Gasteiger partial charge in [0, 0.05) is 23.9 Å². The number of fused-ring (bicyclic) bond motifs is 2. The Morgan fingerprint density at radius 2 is 1.40 bits per heavy atom. The second-order valence-electron chi connectivity index (χ2n) is 7.42. The first-order valence-corrected chi connectivity index (χ1v) is 11.2. The van der Waals surface area contributed by atoms with Crippen molar-refractivity contribution in [1.29, 1.82) is 0 Å². The smallest absolute Gasteiger partial charge is 0.145 e. The van der Waals surface area contributed by atoms with E-state index in [0.717, 1.165) is 72.6 Å². The molecule has 0 spiro atoms. The third-order valence-electron chi connectivity index (χ3n) is 5.70. The van der Waals surface area contributed by atoms with Gasteiger partial charge in [-0.25, -0.2) is 4.98 Å². The highest BCUT2D eigenvalue weighted by Gasteiger charge is 2.08. The van der Waals surface area contributed by atoms with Gasteiger partial charge in [0.05, 0.1) is 5.52 Å². The average molecular weight is 410 g/mol. The molecule has 30 heavy (non-hydrogen) atoms. The summed E-state index contributed by atoms with van der Waals surface area (Å²) >= 11 is 0. The molecule has 5 nitrogen and oxygen atoms in total. The number of hydrogen-bond donors (Lipinski definition) is 0. The van der Waals surface area contributed by atoms with Crippen LogP contribution in [0.15, 0.2) is 42.5 Å². The maximum atomic E-state index is 6.09. The van der Waals surface area contributed by atoms with Crippen LogP contribution in [0, 0.1) is 0 Å². The van der Waals surface area contributed by atoms with Crippen molar-refractivity contribution >= 4 is 21.8 Å². The van der Waals surface area contributed by atoms with E-state index in [-0.39, 0.29) is 0 Å². The van der Waals surface area contributed by atoms with E-state index < -0.39 is 0 Å². The Bertz CT molecular complexity index is 935. The number of likely N-dealkylation sites (N-methyl/N-ethyl adjacent to an activating group) is 2. The van der Waals surface area contributed by atoms with Gasteiger partial charge in [-0.15, -0.1) is 0 Å². The summed E-state index contributed by atoms with van der Waals surface area (Å²) in [5.41, 5.74) is 1.87. The molecular formula is C25H35N3O2. The minimum atomic E-state index is 0.666. The molecule has 0 radical (unpaired) electrons. The second-order valence-corrected chi connectivity index (χ2v) is 7.42. The lowest BCUT2D eigenvalue weighted by molar-refractivity contribution is 0.223. The fourth-order valence-corrected chi connectivity index (χ4v) is 3.68. The van der Waals surface area contributed by atoms with Crippen molar-refractivity contribution in [3.8, 4) is 11.5 Å². The monoisotopic (exact) mass is 409 g/mol. The number of aromatic nitrogens is 1. The van der Waals surface area contributed by atoms with E-state index in [1.165, 1.54) is 0 Å². The zero-order valence-corrected chi connectivity index (χ0v) is 18.9. The molecule has 1 heterocycles. The van der Waals surface area contributed by atoms with Gasteiger partial charge >= 0.3 is 0 Å². The molecule has 0 aliphatic carbocycles. The molecule has 5 heteroatoms. The van der Waals surface area contributed by atoms with Crippen LogP contribution in [0.5, 0.6) is 11.5 Å². The van der Waals surface area contributed by atoms with Gasteiger partial charge in [-0.2, -0.15) is 0 Å². The molecule has 2 aromatic carbocycles. The SMILES string of the molecule is CCN(CC)CCOc1ccc2nc3c(OCCN(CC)CC)cccc3cc2c1. The van der Waals surface area contributed by atoms with E-state index in [9.17, 15) is 0 Å². The van der Waals surface area contributed by atoms with Gasteiger partial charge in [0.1, 0.15) is 30.2 Å². The fraction of sp³-hybridized carbons (Fsp3) is 0.480. The Kier molecular flexibility index (Phi) is 8.29. The molecule has 0 amide bonds. The standard InChI is InChI=1S/C25H35N3O2/c1-5-27(6-2)14-16-29-22-12-13-23-21(19-22)18-20-10-9-11-24(25(20)26-23)30-17-15-28(7-3)8-4/h9-13,18-19H,5-8,14-17H2,1-4H3. The van der Waals surface area contributed by atoms with Gasteiger partial charge < -0.3 is 19.3 Å². The van der Waals surface area contributed by atoms with Crippen molar-refractivity contribution in [2.75, 3.05) is 52.5 Å². The summed E-state index contributed by atoms with van der Waals surface area (Å²) in [7, 11) is 0. The van der Waals surface area contributed by atoms with Gasteiger partial charge in [0.25, 0.3) is 0 Å². The third kappa shape index (κ3) is 5.61. The number of pyridine rings is 1. The van der Waals surface area contributed by atoms with E-state index in [4.69, 9.17) is 14.5 Å². The molecule has 0 fully saturated rings. The molecule has 0 N–H and O–H groups in total. The molecule has 0 aliphatic rings. The molecule has 0 aliphatic heterocycles. The highest BCUT2D eigenvalue weighted by Crippen LogP contribution is 2.29. The highest BCUT2D eigenvalue weighted by atomic mass is 16.5.